The molecule has 9 heteroatoms. The molecule has 2 aromatic rings. The van der Waals surface area contributed by atoms with E-state index >= 15 is 0 Å². The largest absolute Gasteiger partial charge is 0.492 e. The number of anilines is 3. The van der Waals surface area contributed by atoms with Crippen LogP contribution in [0.25, 0.3) is 0 Å². The zero-order valence-electron chi connectivity index (χ0n) is 18.0. The second-order valence-corrected chi connectivity index (χ2v) is 9.58. The number of carbonyl (C=O) groups excluding carboxylic acids is 1. The van der Waals surface area contributed by atoms with Crippen molar-refractivity contribution in [3.05, 3.63) is 42.0 Å². The van der Waals surface area contributed by atoms with Crippen LogP contribution in [0.2, 0.25) is 0 Å². The molecule has 0 saturated carbocycles. The number of nitriles is 1. The van der Waals surface area contributed by atoms with Crippen LogP contribution < -0.4 is 20.3 Å². The number of rotatable bonds is 6. The molecular formula is C22H26N4O4S. The average molecular weight is 443 g/mol. The normalized spacial score (nSPS) is 18.0. The van der Waals surface area contributed by atoms with E-state index in [1.54, 1.807) is 18.2 Å². The molecule has 0 aliphatic carbocycles. The number of nitrogens with zero attached hydrogens (tertiary/aromatic N) is 2. The Bertz CT molecular complexity index is 1140. The van der Waals surface area contributed by atoms with Crippen LogP contribution in [0, 0.1) is 17.2 Å². The van der Waals surface area contributed by atoms with Crippen LogP contribution in [-0.2, 0) is 14.6 Å². The van der Waals surface area contributed by atoms with Crippen molar-refractivity contribution in [1.29, 1.82) is 5.26 Å². The highest BCUT2D eigenvalue weighted by Crippen LogP contribution is 2.43. The van der Waals surface area contributed by atoms with E-state index in [4.69, 9.17) is 4.74 Å². The van der Waals surface area contributed by atoms with E-state index in [0.29, 0.717) is 30.3 Å². The van der Waals surface area contributed by atoms with Gasteiger partial charge in [-0.15, -0.1) is 0 Å². The number of fused-ring (bicyclic) bond motifs is 1. The molecule has 0 aromatic heterocycles. The van der Waals surface area contributed by atoms with Crippen LogP contribution in [-0.4, -0.2) is 40.8 Å². The van der Waals surface area contributed by atoms with Crippen molar-refractivity contribution in [1.82, 2.24) is 0 Å². The standard InChI is InChI=1S/C22H26N4O4S/c1-5-30-21-11-20-18(10-19(21)24-14(2)27)22(15(12-23)13-26(20)3)25-16-7-6-8-17(9-16)31(4,28)29/h6-11,15,22,25H,5,13H2,1-4H3,(H,24,27). The Hall–Kier alpha value is -3.25. The van der Waals surface area contributed by atoms with Gasteiger partial charge in [0.05, 0.1) is 35.2 Å². The van der Waals surface area contributed by atoms with E-state index in [0.717, 1.165) is 17.5 Å². The molecule has 31 heavy (non-hydrogen) atoms. The van der Waals surface area contributed by atoms with Crippen LogP contribution in [0.3, 0.4) is 0 Å². The Morgan fingerprint density at radius 2 is 2.06 bits per heavy atom. The van der Waals surface area contributed by atoms with E-state index in [1.807, 2.05) is 31.0 Å². The number of hydrogen-bond acceptors (Lipinski definition) is 7. The molecule has 0 bridgehead atoms. The maximum atomic E-state index is 11.9. The number of amides is 1. The first kappa shape index (κ1) is 22.4. The van der Waals surface area contributed by atoms with Gasteiger partial charge in [-0.3, -0.25) is 4.79 Å². The van der Waals surface area contributed by atoms with Gasteiger partial charge in [0.1, 0.15) is 5.75 Å². The van der Waals surface area contributed by atoms with Crippen molar-refractivity contribution >= 4 is 32.8 Å². The quantitative estimate of drug-likeness (QED) is 0.707. The number of benzene rings is 2. The maximum absolute atomic E-state index is 11.9. The first-order chi connectivity index (χ1) is 14.6. The van der Waals surface area contributed by atoms with E-state index in [2.05, 4.69) is 16.7 Å². The van der Waals surface area contributed by atoms with Gasteiger partial charge in [-0.05, 0) is 31.2 Å². The van der Waals surface area contributed by atoms with E-state index < -0.39 is 21.8 Å². The van der Waals surface area contributed by atoms with Gasteiger partial charge in [-0.1, -0.05) is 6.07 Å². The zero-order chi connectivity index (χ0) is 22.8. The van der Waals surface area contributed by atoms with Gasteiger partial charge >= 0.3 is 0 Å². The monoisotopic (exact) mass is 442 g/mol. The summed E-state index contributed by atoms with van der Waals surface area (Å²) in [6.45, 7) is 4.21. The minimum atomic E-state index is -3.36. The molecule has 0 fully saturated rings. The smallest absolute Gasteiger partial charge is 0.221 e. The summed E-state index contributed by atoms with van der Waals surface area (Å²) < 4.78 is 29.6. The molecule has 1 aliphatic heterocycles. The lowest BCUT2D eigenvalue weighted by Crippen LogP contribution is -2.37. The summed E-state index contributed by atoms with van der Waals surface area (Å²) in [4.78, 5) is 13.9. The summed E-state index contributed by atoms with van der Waals surface area (Å²) in [5, 5.41) is 15.9. The van der Waals surface area contributed by atoms with Gasteiger partial charge in [-0.25, -0.2) is 8.42 Å². The molecule has 8 nitrogen and oxygen atoms in total. The summed E-state index contributed by atoms with van der Waals surface area (Å²) in [5.74, 6) is -0.0775. The highest BCUT2D eigenvalue weighted by atomic mass is 32.2. The first-order valence-electron chi connectivity index (χ1n) is 9.89. The van der Waals surface area contributed by atoms with Gasteiger partial charge in [0.15, 0.2) is 9.84 Å². The Balaban J connectivity index is 2.10. The molecule has 2 atom stereocenters. The second-order valence-electron chi connectivity index (χ2n) is 7.56. The fourth-order valence-electron chi connectivity index (χ4n) is 3.73. The molecule has 1 amide bonds. The Kier molecular flexibility index (Phi) is 6.41. The average Bonchev–Trinajstić information content (AvgIpc) is 2.70. The molecule has 164 valence electrons. The Morgan fingerprint density at radius 1 is 1.32 bits per heavy atom. The minimum Gasteiger partial charge on any atom is -0.492 e. The number of hydrogen-bond donors (Lipinski definition) is 2. The lowest BCUT2D eigenvalue weighted by molar-refractivity contribution is -0.114. The van der Waals surface area contributed by atoms with Crippen LogP contribution in [0.15, 0.2) is 41.3 Å². The molecule has 2 unspecified atom stereocenters. The van der Waals surface area contributed by atoms with Crippen molar-refractivity contribution in [3.8, 4) is 11.8 Å². The third-order valence-corrected chi connectivity index (χ3v) is 6.22. The predicted molar refractivity (Wildman–Crippen MR) is 120 cm³/mol. The van der Waals surface area contributed by atoms with Crippen LogP contribution >= 0.6 is 0 Å². The summed E-state index contributed by atoms with van der Waals surface area (Å²) >= 11 is 0. The molecule has 3 rings (SSSR count). The fraction of sp³-hybridized carbons (Fsp3) is 0.364. The van der Waals surface area contributed by atoms with E-state index in [1.165, 1.54) is 13.0 Å². The fourth-order valence-corrected chi connectivity index (χ4v) is 4.40. The zero-order valence-corrected chi connectivity index (χ0v) is 18.8. The van der Waals surface area contributed by atoms with Gasteiger partial charge in [0.2, 0.25) is 5.91 Å². The molecule has 2 N–H and O–H groups in total. The first-order valence-corrected chi connectivity index (χ1v) is 11.8. The molecule has 0 radical (unpaired) electrons. The number of nitrogens with one attached hydrogen (secondary N) is 2. The topological polar surface area (TPSA) is 112 Å². The Morgan fingerprint density at radius 3 is 2.68 bits per heavy atom. The maximum Gasteiger partial charge on any atom is 0.221 e. The van der Waals surface area contributed by atoms with E-state index in [-0.39, 0.29) is 10.8 Å². The van der Waals surface area contributed by atoms with Crippen molar-refractivity contribution in [2.45, 2.75) is 24.8 Å². The van der Waals surface area contributed by atoms with E-state index in [9.17, 15) is 18.5 Å². The highest BCUT2D eigenvalue weighted by Gasteiger charge is 2.34. The van der Waals surface area contributed by atoms with Gasteiger partial charge in [0, 0.05) is 49.8 Å². The lowest BCUT2D eigenvalue weighted by atomic mass is 9.87. The van der Waals surface area contributed by atoms with Crippen molar-refractivity contribution < 1.29 is 17.9 Å². The molecule has 1 heterocycles. The second kappa shape index (κ2) is 8.86. The molecular weight excluding hydrogens is 416 g/mol. The van der Waals surface area contributed by atoms with Crippen molar-refractivity contribution in [2.75, 3.05) is 42.0 Å². The highest BCUT2D eigenvalue weighted by molar-refractivity contribution is 7.90. The van der Waals surface area contributed by atoms with Gasteiger partial charge in [0.25, 0.3) is 0 Å². The van der Waals surface area contributed by atoms with Crippen molar-refractivity contribution in [2.24, 2.45) is 5.92 Å². The molecule has 0 saturated heterocycles. The molecule has 1 aliphatic rings. The summed E-state index contributed by atoms with van der Waals surface area (Å²) in [7, 11) is -1.46. The van der Waals surface area contributed by atoms with Crippen LogP contribution in [0.5, 0.6) is 5.75 Å². The van der Waals surface area contributed by atoms with Gasteiger partial charge < -0.3 is 20.3 Å². The number of ether oxygens (including phenoxy) is 1. The van der Waals surface area contributed by atoms with Crippen molar-refractivity contribution in [3.63, 3.8) is 0 Å². The number of carbonyl (C=O) groups is 1. The van der Waals surface area contributed by atoms with Gasteiger partial charge in [-0.2, -0.15) is 5.26 Å². The third kappa shape index (κ3) is 4.91. The predicted octanol–water partition coefficient (Wildman–Crippen LogP) is 3.19. The third-order valence-electron chi connectivity index (χ3n) is 5.11. The van der Waals surface area contributed by atoms with Crippen LogP contribution in [0.1, 0.15) is 25.5 Å². The molecule has 0 spiro atoms. The molecule has 2 aromatic carbocycles. The Labute approximate surface area is 182 Å². The van der Waals surface area contributed by atoms with Crippen LogP contribution in [0.4, 0.5) is 17.1 Å². The summed E-state index contributed by atoms with van der Waals surface area (Å²) in [5.41, 5.74) is 2.81. The minimum absolute atomic E-state index is 0.199. The number of sulfone groups is 1. The lowest BCUT2D eigenvalue weighted by Gasteiger charge is -2.38. The SMILES string of the molecule is CCOc1cc2c(cc1NC(C)=O)C(Nc1cccc(S(C)(=O)=O)c1)C(C#N)CN2C. The summed E-state index contributed by atoms with van der Waals surface area (Å²) in [6.07, 6.45) is 1.16. The summed E-state index contributed by atoms with van der Waals surface area (Å²) in [6, 6.07) is 12.1.